The number of thioether (sulfide) groups is 1. The fraction of sp³-hybridized carbons (Fsp3) is 0.254. The molecule has 0 bridgehead atoms. The van der Waals surface area contributed by atoms with Crippen LogP contribution in [0.2, 0.25) is 0 Å². The number of rotatable bonds is 37. The van der Waals surface area contributed by atoms with Gasteiger partial charge in [0, 0.05) is 73.9 Å². The van der Waals surface area contributed by atoms with E-state index in [0.29, 0.717) is 46.5 Å². The molecule has 28 nitrogen and oxygen atoms in total. The van der Waals surface area contributed by atoms with E-state index >= 15 is 9.13 Å². The molecule has 0 radical (unpaired) electrons. The zero-order valence-electron chi connectivity index (χ0n) is 79.5. The summed E-state index contributed by atoms with van der Waals surface area (Å²) in [5, 5.41) is 56.6. The highest BCUT2D eigenvalue weighted by atomic mass is 32.2. The van der Waals surface area contributed by atoms with Gasteiger partial charge < -0.3 is 58.6 Å². The number of aliphatic hydroxyl groups excluding tert-OH is 1. The first-order valence-electron chi connectivity index (χ1n) is 49.3. The van der Waals surface area contributed by atoms with Crippen LogP contribution in [0.1, 0.15) is 108 Å². The molecule has 0 aliphatic carbocycles. The maximum atomic E-state index is 15.2. The van der Waals surface area contributed by atoms with E-state index in [1.165, 1.54) is 22.4 Å². The molecule has 0 amide bonds. The van der Waals surface area contributed by atoms with Crippen molar-refractivity contribution in [2.45, 2.75) is 136 Å². The monoisotopic (exact) mass is 2070 g/mol. The molecule has 20 aromatic rings. The molecule has 4 fully saturated rings. The van der Waals surface area contributed by atoms with Gasteiger partial charge in [0.2, 0.25) is 5.88 Å². The van der Waals surface area contributed by atoms with Crippen LogP contribution in [0, 0.1) is 0 Å². The minimum atomic E-state index is -5.39. The number of phosphoric ester groups is 4. The normalized spacial score (nSPS) is 22.2. The maximum absolute atomic E-state index is 15.2. The Balaban J connectivity index is 0.453. The zero-order chi connectivity index (χ0) is 100. The topological polar surface area (TPSA) is 360 Å². The molecule has 748 valence electrons. The lowest BCUT2D eigenvalue weighted by atomic mass is 9.90. The van der Waals surface area contributed by atoms with Crippen LogP contribution in [0.5, 0.6) is 11.8 Å². The number of pyridine rings is 2. The van der Waals surface area contributed by atoms with E-state index in [4.69, 9.17) is 59.9 Å². The molecule has 17 aromatic carbocycles. The van der Waals surface area contributed by atoms with Gasteiger partial charge in [0.05, 0.1) is 74.5 Å². The van der Waals surface area contributed by atoms with Crippen molar-refractivity contribution < 1.29 is 127 Å². The van der Waals surface area contributed by atoms with E-state index in [9.17, 15) is 48.8 Å². The van der Waals surface area contributed by atoms with Crippen molar-refractivity contribution in [3.05, 3.63) is 331 Å². The number of carbonyl (C=O) groups excluding carboxylic acids is 1. The molecule has 147 heavy (non-hydrogen) atoms. The van der Waals surface area contributed by atoms with Gasteiger partial charge >= 0.3 is 37.3 Å². The van der Waals surface area contributed by atoms with Crippen molar-refractivity contribution in [2.75, 3.05) is 45.4 Å². The van der Waals surface area contributed by atoms with Crippen LogP contribution < -0.4 is 9.13 Å². The Bertz CT molecular complexity index is 8540. The number of aliphatic hydroxyl groups is 1. The first-order chi connectivity index (χ1) is 71.3. The highest BCUT2D eigenvalue weighted by Gasteiger charge is 2.50. The number of aromatic hydroxyl groups is 2. The van der Waals surface area contributed by atoms with Crippen LogP contribution >= 0.6 is 43.1 Å². The number of ether oxygens (including phenoxy) is 5. The number of esters is 1. The fourth-order valence-corrected chi connectivity index (χ4v) is 27.2. The van der Waals surface area contributed by atoms with Gasteiger partial charge in [0.15, 0.2) is 37.2 Å². The third-order valence-electron chi connectivity index (χ3n) is 29.5. The molecule has 7 heterocycles. The lowest BCUT2D eigenvalue weighted by Gasteiger charge is -2.26. The third-order valence-corrected chi connectivity index (χ3v) is 34.7. The van der Waals surface area contributed by atoms with Crippen molar-refractivity contribution in [1.29, 1.82) is 0 Å². The highest BCUT2D eigenvalue weighted by molar-refractivity contribution is 7.99. The van der Waals surface area contributed by atoms with Crippen LogP contribution in [-0.4, -0.2) is 140 Å². The van der Waals surface area contributed by atoms with E-state index in [-0.39, 0.29) is 69.4 Å². The highest BCUT2D eigenvalue weighted by Crippen LogP contribution is 2.59. The molecule has 7 N–H and O–H groups in total. The van der Waals surface area contributed by atoms with Crippen molar-refractivity contribution in [3.8, 4) is 22.9 Å². The summed E-state index contributed by atoms with van der Waals surface area (Å²) in [5.41, 5.74) is 6.49. The maximum Gasteiger partial charge on any atom is 0.472 e. The Kier molecular flexibility index (Phi) is 26.4. The molecular weight excluding hydrogens is 1970 g/mol. The summed E-state index contributed by atoms with van der Waals surface area (Å²) in [7, 11) is -19.0. The molecule has 4 unspecified atom stereocenters. The lowest BCUT2D eigenvalue weighted by Crippen LogP contribution is -2.33. The number of carbonyl (C=O) groups is 1. The third kappa shape index (κ3) is 19.4. The van der Waals surface area contributed by atoms with Gasteiger partial charge in [-0.25, -0.2) is 32.2 Å². The second-order valence-electron chi connectivity index (χ2n) is 38.6. The number of unbranched alkanes of at least 4 members (excludes halogenated alkanes) is 1. The van der Waals surface area contributed by atoms with E-state index in [1.807, 2.05) is 218 Å². The number of nitrogens with zero attached hydrogens (tertiary/aromatic N) is 3. The first-order valence-corrected chi connectivity index (χ1v) is 56.2. The van der Waals surface area contributed by atoms with Crippen LogP contribution in [-0.2, 0) is 98.3 Å². The van der Waals surface area contributed by atoms with Gasteiger partial charge in [-0.05, 0) is 194 Å². The number of hydrogen-bond donors (Lipinski definition) is 7. The molecule has 16 atom stereocenters. The van der Waals surface area contributed by atoms with Crippen LogP contribution in [0.4, 0.5) is 0 Å². The van der Waals surface area contributed by atoms with Crippen molar-refractivity contribution in [2.24, 2.45) is 7.05 Å². The molecule has 24 rings (SSSR count). The second-order valence-corrected chi connectivity index (χ2v) is 45.3. The Hall–Kier alpha value is -11.9. The Morgan fingerprint density at radius 2 is 0.707 bits per heavy atom. The van der Waals surface area contributed by atoms with Gasteiger partial charge in [-0.3, -0.25) is 40.8 Å². The average Bonchev–Trinajstić information content (AvgIpc) is 1.69. The van der Waals surface area contributed by atoms with E-state index in [1.54, 1.807) is 12.1 Å². The van der Waals surface area contributed by atoms with E-state index < -0.39 is 137 Å². The van der Waals surface area contributed by atoms with Gasteiger partial charge in [-0.1, -0.05) is 231 Å². The molecule has 0 saturated carbocycles. The van der Waals surface area contributed by atoms with Gasteiger partial charge in [-0.2, -0.15) is 0 Å². The summed E-state index contributed by atoms with van der Waals surface area (Å²) in [5.74, 6) is -0.609. The standard InChI is InChI=1S/C114H101N3O25P4S/c1-115-50-45-68(46-51-115)69-47-52-116(53-48-69)62-67-17-19-82(20-18-67)114(121)130-54-3-2-49-117-104(119)61-103(113(117)120)147-56-8-55-131-143(122,123)140-96-58-92(84-38-30-79-26-22-71-10-5-14-75-34-42-88(84)110(79)106(71)75)136-100(96)64-133-145(126,127)142-98-60-94(86-40-32-81-28-24-73-12-7-16-77-36-44-90(86)112(81)108(73)77)138-102(98)66-134-146(128,129)141-97-59-93(85-39-31-80-27-23-72-11-6-15-76-35-43-89(85)111(80)107(72)76)137-101(97)65-132-144(124,125)139-95-57-91(135-99(95)63-118)83-37-29-78-25-21-70-9-4-13-74-33-41-87(83)109(78)105(70)74/h4-7,9-48,50-53,61,91-102,118H,2-3,8,49,54-60,62-66H2,1H3,(H4,122,123,124,125,126,127,128,129)/p+2/t91-,92-,93-,94-,95-,96-,97-,98-,99-,100-,101-,102-/m1/s1. The molecule has 3 aromatic heterocycles. The van der Waals surface area contributed by atoms with Gasteiger partial charge in [0.25, 0.3) is 0 Å². The summed E-state index contributed by atoms with van der Waals surface area (Å²) in [6, 6.07) is 89.3. The van der Waals surface area contributed by atoms with E-state index in [2.05, 4.69) is 77.4 Å². The Morgan fingerprint density at radius 3 is 1.07 bits per heavy atom. The molecule has 4 aliphatic rings. The number of benzene rings is 17. The predicted molar refractivity (Wildman–Crippen MR) is 561 cm³/mol. The largest absolute Gasteiger partial charge is 0.494 e. The number of hydrogen-bond acceptors (Lipinski definition) is 22. The molecular formula is C114H103N3O25P4S+2. The van der Waals surface area contributed by atoms with E-state index in [0.717, 1.165) is 152 Å². The summed E-state index contributed by atoms with van der Waals surface area (Å²) in [6.07, 6.45) is -5.12. The second kappa shape index (κ2) is 39.9. The molecule has 33 heteroatoms. The van der Waals surface area contributed by atoms with Gasteiger partial charge in [-0.15, -0.1) is 11.8 Å². The first kappa shape index (κ1) is 97.2. The minimum Gasteiger partial charge on any atom is -0.494 e. The Morgan fingerprint density at radius 1 is 0.381 bits per heavy atom. The van der Waals surface area contributed by atoms with Gasteiger partial charge in [0.1, 0.15) is 55.9 Å². The predicted octanol–water partition coefficient (Wildman–Crippen LogP) is 23.6. The zero-order valence-corrected chi connectivity index (χ0v) is 83.9. The number of phosphoric acid groups is 4. The average molecular weight is 2070 g/mol. The number of aryl methyl sites for hydroxylation is 1. The quantitative estimate of drug-likeness (QED) is 0.00475. The van der Waals surface area contributed by atoms with Crippen LogP contribution in [0.25, 0.3) is 140 Å². The summed E-state index contributed by atoms with van der Waals surface area (Å²) >= 11 is 1.18. The lowest BCUT2D eigenvalue weighted by molar-refractivity contribution is -0.688. The smallest absolute Gasteiger partial charge is 0.472 e. The fourth-order valence-electron chi connectivity index (χ4n) is 22.5. The molecule has 0 spiro atoms. The molecule has 4 saturated heterocycles. The van der Waals surface area contributed by atoms with Crippen molar-refractivity contribution in [3.63, 3.8) is 0 Å². The van der Waals surface area contributed by atoms with Crippen LogP contribution in [0.3, 0.4) is 0 Å². The van der Waals surface area contributed by atoms with Crippen molar-refractivity contribution >= 4 is 178 Å². The summed E-state index contributed by atoms with van der Waals surface area (Å²) < 4.78 is 145. The SMILES string of the molecule is C[n+]1ccc(-c2cc[n+](Cc3ccc(C(=O)OCCCCn4c(O)cc(SCCCOP(=O)(O)O[C@@H]5C[C@H](c6ccc7ccc8cccc9ccc6c7c89)O[C@@H]5COP(=O)(O)O[C@@H]5C[C@H](c6ccc7ccc8cccc9ccc6c7c89)O[C@@H]5COP(=O)(O)O[C@@H]5C[C@H](c6ccc7ccc8cccc9ccc6c7c89)O[C@@H]5COP(=O)(O)O[C@@H]5C[C@H](c6ccc7ccc8cccc9ccc6c7c89)O[C@@H]5CO)c4O)cc3)cc2)cc1. The number of aromatic nitrogens is 3. The minimum absolute atomic E-state index is 0.0598. The summed E-state index contributed by atoms with van der Waals surface area (Å²) in [4.78, 5) is 61.6. The Labute approximate surface area is 847 Å². The molecule has 4 aliphatic heterocycles. The van der Waals surface area contributed by atoms with Crippen LogP contribution in [0.15, 0.2) is 303 Å². The summed E-state index contributed by atoms with van der Waals surface area (Å²) in [6.45, 7) is -2.26. The van der Waals surface area contributed by atoms with Crippen molar-refractivity contribution in [1.82, 2.24) is 4.57 Å².